The molecule has 0 unspecified atom stereocenters. The van der Waals surface area contributed by atoms with Crippen LogP contribution in [0.1, 0.15) is 21.6 Å². The zero-order valence-electron chi connectivity index (χ0n) is 15.6. The zero-order valence-corrected chi connectivity index (χ0v) is 15.6. The normalized spacial score (nSPS) is 11.8. The number of halogens is 3. The topological polar surface area (TPSA) is 46.4 Å². The van der Waals surface area contributed by atoms with Gasteiger partial charge in [-0.05, 0) is 53.2 Å². The number of carbonyl (C=O) groups is 1. The highest BCUT2D eigenvalue weighted by atomic mass is 19.4. The molecule has 0 aliphatic rings. The van der Waals surface area contributed by atoms with Gasteiger partial charge in [0.05, 0.1) is 17.5 Å². The van der Waals surface area contributed by atoms with Gasteiger partial charge in [-0.15, -0.1) is 0 Å². The third-order valence-corrected chi connectivity index (χ3v) is 4.61. The predicted molar refractivity (Wildman–Crippen MR) is 110 cm³/mol. The first-order valence-corrected chi connectivity index (χ1v) is 9.09. The van der Waals surface area contributed by atoms with Crippen molar-refractivity contribution in [3.8, 4) is 5.69 Å². The highest BCUT2D eigenvalue weighted by molar-refractivity contribution is 5.98. The molecule has 30 heavy (non-hydrogen) atoms. The average Bonchev–Trinajstić information content (AvgIpc) is 3.21. The molecule has 0 fully saturated rings. The number of hydrogen-bond donors (Lipinski definition) is 1. The van der Waals surface area contributed by atoms with Gasteiger partial charge in [0.25, 0.3) is 5.91 Å². The Morgan fingerprint density at radius 2 is 1.70 bits per heavy atom. The second-order valence-electron chi connectivity index (χ2n) is 6.61. The Morgan fingerprint density at radius 3 is 2.50 bits per heavy atom. The summed E-state index contributed by atoms with van der Waals surface area (Å²) in [5.74, 6) is -0.380. The molecule has 0 spiro atoms. The Morgan fingerprint density at radius 1 is 0.900 bits per heavy atom. The van der Waals surface area contributed by atoms with Crippen LogP contribution in [0.5, 0.6) is 0 Å². The van der Waals surface area contributed by atoms with E-state index in [0.29, 0.717) is 16.9 Å². The van der Waals surface area contributed by atoms with Crippen molar-refractivity contribution in [2.24, 2.45) is 5.10 Å². The fourth-order valence-corrected chi connectivity index (χ4v) is 3.12. The largest absolute Gasteiger partial charge is 0.416 e. The van der Waals surface area contributed by atoms with Crippen molar-refractivity contribution in [2.45, 2.75) is 6.18 Å². The maximum Gasteiger partial charge on any atom is 0.416 e. The van der Waals surface area contributed by atoms with Gasteiger partial charge in [-0.1, -0.05) is 36.4 Å². The number of amides is 1. The predicted octanol–water partition coefficient (Wildman–Crippen LogP) is 5.41. The van der Waals surface area contributed by atoms with Crippen LogP contribution in [-0.4, -0.2) is 16.7 Å². The summed E-state index contributed by atoms with van der Waals surface area (Å²) in [5, 5.41) is 5.92. The molecule has 4 aromatic rings. The van der Waals surface area contributed by atoms with E-state index in [1.807, 2.05) is 30.3 Å². The van der Waals surface area contributed by atoms with Crippen molar-refractivity contribution >= 4 is 22.9 Å². The van der Waals surface area contributed by atoms with Gasteiger partial charge < -0.3 is 4.57 Å². The summed E-state index contributed by atoms with van der Waals surface area (Å²) in [4.78, 5) is 12.4. The molecule has 1 heterocycles. The maximum absolute atomic E-state index is 13.0. The van der Waals surface area contributed by atoms with Crippen LogP contribution in [0.4, 0.5) is 13.2 Å². The van der Waals surface area contributed by atoms with Gasteiger partial charge in [0.1, 0.15) is 0 Å². The van der Waals surface area contributed by atoms with Crippen molar-refractivity contribution < 1.29 is 18.0 Å². The molecule has 1 N–H and O–H groups in total. The maximum atomic E-state index is 13.0. The van der Waals surface area contributed by atoms with Crippen molar-refractivity contribution in [3.63, 3.8) is 0 Å². The molecule has 7 heteroatoms. The zero-order chi connectivity index (χ0) is 21.1. The second kappa shape index (κ2) is 7.87. The van der Waals surface area contributed by atoms with Crippen LogP contribution in [0, 0.1) is 0 Å². The standard InChI is InChI=1S/C23H16F3N3O/c24-23(25,26)19-7-3-8-20(14-19)29-12-4-9-21(29)15-27-28-22(30)18-11-10-16-5-1-2-6-17(16)13-18/h1-15H,(H,28,30)/b27-15-. The van der Waals surface area contributed by atoms with Gasteiger partial charge in [-0.3, -0.25) is 4.79 Å². The molecule has 3 aromatic carbocycles. The first kappa shape index (κ1) is 19.4. The number of alkyl halides is 3. The minimum absolute atomic E-state index is 0.345. The van der Waals surface area contributed by atoms with Crippen LogP contribution in [0.25, 0.3) is 16.5 Å². The van der Waals surface area contributed by atoms with Crippen molar-refractivity contribution in [1.82, 2.24) is 9.99 Å². The fraction of sp³-hybridized carbons (Fsp3) is 0.0435. The molecule has 0 saturated carbocycles. The van der Waals surface area contributed by atoms with Crippen molar-refractivity contribution in [2.75, 3.05) is 0 Å². The van der Waals surface area contributed by atoms with Crippen LogP contribution in [0.15, 0.2) is 90.2 Å². The number of aromatic nitrogens is 1. The summed E-state index contributed by atoms with van der Waals surface area (Å²) in [7, 11) is 0. The molecule has 0 aliphatic carbocycles. The summed E-state index contributed by atoms with van der Waals surface area (Å²) in [6.07, 6.45) is -1.41. The van der Waals surface area contributed by atoms with Crippen LogP contribution in [0.3, 0.4) is 0 Å². The number of rotatable bonds is 4. The van der Waals surface area contributed by atoms with E-state index >= 15 is 0 Å². The molecular formula is C23H16F3N3O. The minimum Gasteiger partial charge on any atom is -0.316 e. The summed E-state index contributed by atoms with van der Waals surface area (Å²) in [6.45, 7) is 0. The van der Waals surface area contributed by atoms with E-state index in [-0.39, 0.29) is 5.91 Å². The van der Waals surface area contributed by atoms with Gasteiger partial charge in [0.2, 0.25) is 0 Å². The van der Waals surface area contributed by atoms with Gasteiger partial charge in [-0.25, -0.2) is 5.43 Å². The minimum atomic E-state index is -4.43. The summed E-state index contributed by atoms with van der Waals surface area (Å²) >= 11 is 0. The number of carbonyl (C=O) groups excluding carboxylic acids is 1. The smallest absolute Gasteiger partial charge is 0.316 e. The Labute approximate surface area is 170 Å². The molecule has 0 radical (unpaired) electrons. The lowest BCUT2D eigenvalue weighted by Crippen LogP contribution is -2.17. The molecule has 150 valence electrons. The number of benzene rings is 3. The molecule has 1 amide bonds. The molecule has 4 nitrogen and oxygen atoms in total. The molecule has 0 saturated heterocycles. The third kappa shape index (κ3) is 4.10. The van der Waals surface area contributed by atoms with Crippen LogP contribution >= 0.6 is 0 Å². The lowest BCUT2D eigenvalue weighted by Gasteiger charge is -2.11. The third-order valence-electron chi connectivity index (χ3n) is 4.61. The number of hydrogen-bond acceptors (Lipinski definition) is 2. The quantitative estimate of drug-likeness (QED) is 0.357. The van der Waals surface area contributed by atoms with Gasteiger partial charge in [0, 0.05) is 17.4 Å². The molecule has 0 atom stereocenters. The van der Waals surface area contributed by atoms with Crippen molar-refractivity contribution in [1.29, 1.82) is 0 Å². The van der Waals surface area contributed by atoms with E-state index in [0.717, 1.165) is 22.9 Å². The van der Waals surface area contributed by atoms with E-state index in [4.69, 9.17) is 0 Å². The van der Waals surface area contributed by atoms with E-state index in [9.17, 15) is 18.0 Å². The molecule has 1 aromatic heterocycles. The summed E-state index contributed by atoms with van der Waals surface area (Å²) < 4.78 is 40.5. The fourth-order valence-electron chi connectivity index (χ4n) is 3.12. The molecule has 0 bridgehead atoms. The lowest BCUT2D eigenvalue weighted by atomic mass is 10.1. The van der Waals surface area contributed by atoms with Crippen LogP contribution in [0.2, 0.25) is 0 Å². The second-order valence-corrected chi connectivity index (χ2v) is 6.61. The Bertz CT molecular complexity index is 1240. The lowest BCUT2D eigenvalue weighted by molar-refractivity contribution is -0.137. The number of fused-ring (bicyclic) bond motifs is 1. The van der Waals surface area contributed by atoms with Crippen LogP contribution < -0.4 is 5.43 Å². The van der Waals surface area contributed by atoms with Crippen molar-refractivity contribution in [3.05, 3.63) is 102 Å². The Kier molecular flexibility index (Phi) is 5.10. The Hall–Kier alpha value is -3.87. The van der Waals surface area contributed by atoms with E-state index in [1.54, 1.807) is 41.1 Å². The first-order chi connectivity index (χ1) is 14.4. The molecule has 4 rings (SSSR count). The summed E-state index contributed by atoms with van der Waals surface area (Å²) in [6, 6.07) is 21.4. The Balaban J connectivity index is 1.52. The highest BCUT2D eigenvalue weighted by Crippen LogP contribution is 2.30. The van der Waals surface area contributed by atoms with Gasteiger partial charge >= 0.3 is 6.18 Å². The number of nitrogens with one attached hydrogen (secondary N) is 1. The van der Waals surface area contributed by atoms with E-state index in [2.05, 4.69) is 10.5 Å². The monoisotopic (exact) mass is 407 g/mol. The summed E-state index contributed by atoms with van der Waals surface area (Å²) in [5.41, 5.74) is 3.04. The van der Waals surface area contributed by atoms with E-state index < -0.39 is 11.7 Å². The average molecular weight is 407 g/mol. The highest BCUT2D eigenvalue weighted by Gasteiger charge is 2.30. The number of hydrazone groups is 1. The van der Waals surface area contributed by atoms with Crippen LogP contribution in [-0.2, 0) is 6.18 Å². The SMILES string of the molecule is O=C(N/N=C\c1cccn1-c1cccc(C(F)(F)F)c1)c1ccc2ccccc2c1. The number of nitrogens with zero attached hydrogens (tertiary/aromatic N) is 2. The van der Waals surface area contributed by atoms with E-state index in [1.165, 1.54) is 12.3 Å². The molecule has 0 aliphatic heterocycles. The van der Waals surface area contributed by atoms with Gasteiger partial charge in [0.15, 0.2) is 0 Å². The van der Waals surface area contributed by atoms with Gasteiger partial charge in [-0.2, -0.15) is 18.3 Å². The first-order valence-electron chi connectivity index (χ1n) is 9.09. The molecular weight excluding hydrogens is 391 g/mol.